The largest absolute Gasteiger partial charge is 0.478 e. The van der Waals surface area contributed by atoms with Gasteiger partial charge >= 0.3 is 5.97 Å². The number of anilines is 1. The normalized spacial score (nSPS) is 17.7. The van der Waals surface area contributed by atoms with Crippen molar-refractivity contribution < 1.29 is 14.7 Å². The van der Waals surface area contributed by atoms with E-state index < -0.39 is 5.97 Å². The summed E-state index contributed by atoms with van der Waals surface area (Å²) in [7, 11) is 0. The molecule has 5 heteroatoms. The number of rotatable bonds is 2. The van der Waals surface area contributed by atoms with Crippen molar-refractivity contribution in [1.82, 2.24) is 0 Å². The number of nitrogens with one attached hydrogen (secondary N) is 1. The van der Waals surface area contributed by atoms with Gasteiger partial charge in [0.15, 0.2) is 0 Å². The van der Waals surface area contributed by atoms with Crippen molar-refractivity contribution in [3.63, 3.8) is 0 Å². The highest BCUT2D eigenvalue weighted by atomic mass is 32.1. The Morgan fingerprint density at radius 1 is 1.26 bits per heavy atom. The third-order valence-electron chi connectivity index (χ3n) is 3.24. The highest BCUT2D eigenvalue weighted by Gasteiger charge is 2.27. The molecule has 0 radical (unpaired) electrons. The number of fused-ring (bicyclic) bond motifs is 1. The van der Waals surface area contributed by atoms with Crippen molar-refractivity contribution in [2.75, 3.05) is 5.32 Å². The van der Waals surface area contributed by atoms with Crippen molar-refractivity contribution in [3.05, 3.63) is 51.7 Å². The number of hydrogen-bond donors (Lipinski definition) is 2. The van der Waals surface area contributed by atoms with Crippen LogP contribution in [-0.4, -0.2) is 17.0 Å². The number of benzene rings is 1. The Morgan fingerprint density at radius 3 is 2.68 bits per heavy atom. The van der Waals surface area contributed by atoms with Crippen LogP contribution in [-0.2, 0) is 4.79 Å². The van der Waals surface area contributed by atoms with Crippen LogP contribution in [0.5, 0.6) is 0 Å². The van der Waals surface area contributed by atoms with Crippen molar-refractivity contribution in [1.29, 1.82) is 0 Å². The van der Waals surface area contributed by atoms with E-state index in [0.29, 0.717) is 6.42 Å². The second-order valence-corrected chi connectivity index (χ2v) is 5.38. The summed E-state index contributed by atoms with van der Waals surface area (Å²) < 4.78 is 0. The van der Waals surface area contributed by atoms with E-state index >= 15 is 0 Å². The number of carboxylic acid groups (broad SMARTS) is 1. The molecule has 1 aliphatic heterocycles. The number of aromatic carboxylic acids is 1. The lowest BCUT2D eigenvalue weighted by atomic mass is 9.90. The molecule has 0 aliphatic carbocycles. The first-order valence-corrected chi connectivity index (χ1v) is 6.73. The van der Waals surface area contributed by atoms with Crippen molar-refractivity contribution >= 4 is 28.9 Å². The lowest BCUT2D eigenvalue weighted by Crippen LogP contribution is -2.21. The highest BCUT2D eigenvalue weighted by Crippen LogP contribution is 2.40. The van der Waals surface area contributed by atoms with Crippen LogP contribution in [0.25, 0.3) is 0 Å². The van der Waals surface area contributed by atoms with Gasteiger partial charge in [-0.05, 0) is 29.1 Å². The summed E-state index contributed by atoms with van der Waals surface area (Å²) in [4.78, 5) is 23.6. The number of carboxylic acids is 1. The predicted octanol–water partition coefficient (Wildman–Crippen LogP) is 2.92. The zero-order valence-electron chi connectivity index (χ0n) is 9.92. The highest BCUT2D eigenvalue weighted by molar-refractivity contribution is 7.10. The van der Waals surface area contributed by atoms with Crippen molar-refractivity contribution in [3.8, 4) is 0 Å². The van der Waals surface area contributed by atoms with E-state index in [-0.39, 0.29) is 17.4 Å². The summed E-state index contributed by atoms with van der Waals surface area (Å²) in [5.74, 6) is -0.922. The molecule has 3 rings (SSSR count). The molecule has 19 heavy (non-hydrogen) atoms. The molecule has 0 fully saturated rings. The molecule has 1 aliphatic rings. The molecule has 4 nitrogen and oxygen atoms in total. The summed E-state index contributed by atoms with van der Waals surface area (Å²) >= 11 is 1.61. The standard InChI is InChI=1S/C14H11NO3S/c16-12-7-10(13-11(15-12)5-6-19-13)8-1-3-9(4-2-8)14(17)18/h1-6,10H,7H2,(H,15,16)(H,17,18). The van der Waals surface area contributed by atoms with Gasteiger partial charge in [-0.1, -0.05) is 12.1 Å². The van der Waals surface area contributed by atoms with E-state index in [1.807, 2.05) is 11.4 Å². The van der Waals surface area contributed by atoms with Crippen LogP contribution in [0.15, 0.2) is 35.7 Å². The SMILES string of the molecule is O=C1CC(c2ccc(C(=O)O)cc2)c2sccc2N1. The lowest BCUT2D eigenvalue weighted by Gasteiger charge is -2.22. The second kappa shape index (κ2) is 4.51. The fourth-order valence-corrected chi connectivity index (χ4v) is 3.28. The van der Waals surface area contributed by atoms with Gasteiger partial charge in [-0.3, -0.25) is 4.79 Å². The first-order chi connectivity index (χ1) is 9.15. The molecular weight excluding hydrogens is 262 g/mol. The molecule has 0 spiro atoms. The van der Waals surface area contributed by atoms with Crippen LogP contribution < -0.4 is 5.32 Å². The predicted molar refractivity (Wildman–Crippen MR) is 72.8 cm³/mol. The minimum Gasteiger partial charge on any atom is -0.478 e. The smallest absolute Gasteiger partial charge is 0.335 e. The Morgan fingerprint density at radius 2 is 2.00 bits per heavy atom. The first kappa shape index (κ1) is 11.9. The van der Waals surface area contributed by atoms with Crippen LogP contribution in [0.1, 0.15) is 33.1 Å². The Kier molecular flexibility index (Phi) is 2.83. The third-order valence-corrected chi connectivity index (χ3v) is 4.27. The maximum absolute atomic E-state index is 11.7. The summed E-state index contributed by atoms with van der Waals surface area (Å²) in [6.45, 7) is 0. The molecule has 1 unspecified atom stereocenters. The first-order valence-electron chi connectivity index (χ1n) is 5.85. The van der Waals surface area contributed by atoms with Crippen molar-refractivity contribution in [2.24, 2.45) is 0 Å². The zero-order chi connectivity index (χ0) is 13.4. The van der Waals surface area contributed by atoms with Crippen LogP contribution in [0.3, 0.4) is 0 Å². The summed E-state index contributed by atoms with van der Waals surface area (Å²) in [5, 5.41) is 13.7. The lowest BCUT2D eigenvalue weighted by molar-refractivity contribution is -0.116. The van der Waals surface area contributed by atoms with Gasteiger partial charge in [-0.15, -0.1) is 11.3 Å². The number of carbonyl (C=O) groups is 2. The Labute approximate surface area is 113 Å². The summed E-state index contributed by atoms with van der Waals surface area (Å²) in [5.41, 5.74) is 2.10. The number of thiophene rings is 1. The van der Waals surface area contributed by atoms with Gasteiger partial charge < -0.3 is 10.4 Å². The molecule has 1 amide bonds. The molecule has 2 aromatic rings. The Bertz CT molecular complexity index is 645. The minimum atomic E-state index is -0.940. The van der Waals surface area contributed by atoms with E-state index in [4.69, 9.17) is 5.11 Å². The monoisotopic (exact) mass is 273 g/mol. The van der Waals surface area contributed by atoms with Crippen LogP contribution in [0.2, 0.25) is 0 Å². The van der Waals surface area contributed by atoms with Gasteiger partial charge in [0.05, 0.1) is 11.3 Å². The maximum Gasteiger partial charge on any atom is 0.335 e. The van der Waals surface area contributed by atoms with E-state index in [0.717, 1.165) is 16.1 Å². The molecule has 1 aromatic carbocycles. The fourth-order valence-electron chi connectivity index (χ4n) is 2.30. The van der Waals surface area contributed by atoms with Crippen LogP contribution in [0, 0.1) is 0 Å². The average molecular weight is 273 g/mol. The molecule has 2 N–H and O–H groups in total. The summed E-state index contributed by atoms with van der Waals surface area (Å²) in [6.07, 6.45) is 0.403. The summed E-state index contributed by atoms with van der Waals surface area (Å²) in [6, 6.07) is 8.64. The zero-order valence-corrected chi connectivity index (χ0v) is 10.7. The van der Waals surface area contributed by atoms with Gasteiger partial charge in [-0.25, -0.2) is 4.79 Å². The topological polar surface area (TPSA) is 66.4 Å². The number of hydrogen-bond acceptors (Lipinski definition) is 3. The second-order valence-electron chi connectivity index (χ2n) is 4.43. The molecule has 0 saturated heterocycles. The molecular formula is C14H11NO3S. The van der Waals surface area contributed by atoms with Gasteiger partial charge in [-0.2, -0.15) is 0 Å². The van der Waals surface area contributed by atoms with Crippen LogP contribution >= 0.6 is 11.3 Å². The van der Waals surface area contributed by atoms with Crippen molar-refractivity contribution in [2.45, 2.75) is 12.3 Å². The van der Waals surface area contributed by atoms with E-state index in [2.05, 4.69) is 5.32 Å². The third kappa shape index (κ3) is 2.13. The molecule has 1 aromatic heterocycles. The molecule has 96 valence electrons. The molecule has 0 saturated carbocycles. The van der Waals surface area contributed by atoms with Gasteiger partial charge in [0.25, 0.3) is 0 Å². The number of carbonyl (C=O) groups excluding carboxylic acids is 1. The Hall–Kier alpha value is -2.14. The molecule has 2 heterocycles. The Balaban J connectivity index is 1.99. The van der Waals surface area contributed by atoms with Gasteiger partial charge in [0, 0.05) is 17.2 Å². The van der Waals surface area contributed by atoms with Crippen LogP contribution in [0.4, 0.5) is 5.69 Å². The van der Waals surface area contributed by atoms with Gasteiger partial charge in [0.1, 0.15) is 0 Å². The van der Waals surface area contributed by atoms with Gasteiger partial charge in [0.2, 0.25) is 5.91 Å². The van der Waals surface area contributed by atoms with E-state index in [1.54, 1.807) is 35.6 Å². The van der Waals surface area contributed by atoms with E-state index in [9.17, 15) is 9.59 Å². The number of amides is 1. The maximum atomic E-state index is 11.7. The minimum absolute atomic E-state index is 0.00166. The average Bonchev–Trinajstić information content (AvgIpc) is 2.85. The molecule has 0 bridgehead atoms. The molecule has 1 atom stereocenters. The fraction of sp³-hybridized carbons (Fsp3) is 0.143. The van der Waals surface area contributed by atoms with E-state index in [1.165, 1.54) is 0 Å². The quantitative estimate of drug-likeness (QED) is 0.884.